The first-order valence-electron chi connectivity index (χ1n) is 8.08. The van der Waals surface area contributed by atoms with Gasteiger partial charge in [0.15, 0.2) is 0 Å². The molecule has 2 rings (SSSR count). The monoisotopic (exact) mass is 304 g/mol. The first kappa shape index (κ1) is 16.8. The maximum atomic E-state index is 12.3. The standard InChI is InChI=1S/C18H28N2O2/c1-13(2)14-8-6-7-9-15(14)16-12-20(11-10-19-16)17(21)22-18(3,4)5/h6-9,13,16,19H,10-12H2,1-5H3. The van der Waals surface area contributed by atoms with Crippen molar-refractivity contribution in [3.05, 3.63) is 35.4 Å². The molecular weight excluding hydrogens is 276 g/mol. The number of hydrogen-bond acceptors (Lipinski definition) is 3. The van der Waals surface area contributed by atoms with Crippen LogP contribution in [-0.2, 0) is 4.74 Å². The van der Waals surface area contributed by atoms with Crippen molar-refractivity contribution in [3.8, 4) is 0 Å². The molecule has 1 aliphatic rings. The zero-order valence-corrected chi connectivity index (χ0v) is 14.3. The minimum Gasteiger partial charge on any atom is -0.444 e. The zero-order chi connectivity index (χ0) is 16.3. The lowest BCUT2D eigenvalue weighted by Crippen LogP contribution is -2.49. The summed E-state index contributed by atoms with van der Waals surface area (Å²) in [5.74, 6) is 0.468. The summed E-state index contributed by atoms with van der Waals surface area (Å²) >= 11 is 0. The summed E-state index contributed by atoms with van der Waals surface area (Å²) in [5, 5.41) is 3.53. The fourth-order valence-corrected chi connectivity index (χ4v) is 2.80. The van der Waals surface area contributed by atoms with Crippen LogP contribution in [0.5, 0.6) is 0 Å². The minimum absolute atomic E-state index is 0.167. The molecule has 0 radical (unpaired) electrons. The third-order valence-electron chi connectivity index (χ3n) is 3.82. The number of amides is 1. The van der Waals surface area contributed by atoms with E-state index in [0.717, 1.165) is 6.54 Å². The van der Waals surface area contributed by atoms with E-state index in [0.29, 0.717) is 19.0 Å². The summed E-state index contributed by atoms with van der Waals surface area (Å²) in [6.07, 6.45) is -0.221. The topological polar surface area (TPSA) is 41.6 Å². The highest BCUT2D eigenvalue weighted by atomic mass is 16.6. The maximum Gasteiger partial charge on any atom is 0.410 e. The fraction of sp³-hybridized carbons (Fsp3) is 0.611. The van der Waals surface area contributed by atoms with Gasteiger partial charge in [-0.2, -0.15) is 0 Å². The molecule has 22 heavy (non-hydrogen) atoms. The molecule has 1 saturated heterocycles. The Morgan fingerprint density at radius 3 is 2.64 bits per heavy atom. The van der Waals surface area contributed by atoms with Gasteiger partial charge in [-0.25, -0.2) is 4.79 Å². The van der Waals surface area contributed by atoms with Crippen LogP contribution in [-0.4, -0.2) is 36.2 Å². The average Bonchev–Trinajstić information content (AvgIpc) is 2.45. The molecule has 0 aliphatic carbocycles. The normalized spacial score (nSPS) is 19.4. The number of hydrogen-bond donors (Lipinski definition) is 1. The van der Waals surface area contributed by atoms with Gasteiger partial charge in [0.2, 0.25) is 0 Å². The zero-order valence-electron chi connectivity index (χ0n) is 14.3. The van der Waals surface area contributed by atoms with Gasteiger partial charge in [-0.3, -0.25) is 0 Å². The Morgan fingerprint density at radius 1 is 1.32 bits per heavy atom. The molecule has 122 valence electrons. The SMILES string of the molecule is CC(C)c1ccccc1C1CN(C(=O)OC(C)(C)C)CCN1. The van der Waals surface area contributed by atoms with Crippen molar-refractivity contribution in [2.24, 2.45) is 0 Å². The van der Waals surface area contributed by atoms with Gasteiger partial charge < -0.3 is 15.0 Å². The molecular formula is C18H28N2O2. The van der Waals surface area contributed by atoms with Crippen LogP contribution >= 0.6 is 0 Å². The molecule has 1 atom stereocenters. The van der Waals surface area contributed by atoms with E-state index >= 15 is 0 Å². The predicted octanol–water partition coefficient (Wildman–Crippen LogP) is 3.69. The van der Waals surface area contributed by atoms with Crippen molar-refractivity contribution in [3.63, 3.8) is 0 Å². The number of rotatable bonds is 2. The second-order valence-corrected chi connectivity index (χ2v) is 7.22. The Balaban J connectivity index is 2.13. The van der Waals surface area contributed by atoms with Gasteiger partial charge in [-0.1, -0.05) is 38.1 Å². The Hall–Kier alpha value is -1.55. The second kappa shape index (κ2) is 6.69. The number of nitrogens with zero attached hydrogens (tertiary/aromatic N) is 1. The molecule has 0 bridgehead atoms. The number of carbonyl (C=O) groups is 1. The van der Waals surface area contributed by atoms with E-state index in [2.05, 4.69) is 43.4 Å². The van der Waals surface area contributed by atoms with Gasteiger partial charge in [0.05, 0.1) is 6.04 Å². The first-order chi connectivity index (χ1) is 10.3. The highest BCUT2D eigenvalue weighted by molar-refractivity contribution is 5.68. The number of benzene rings is 1. The van der Waals surface area contributed by atoms with Gasteiger partial charge in [-0.15, -0.1) is 0 Å². The van der Waals surface area contributed by atoms with E-state index in [9.17, 15) is 4.79 Å². The molecule has 4 heteroatoms. The lowest BCUT2D eigenvalue weighted by atomic mass is 9.92. The van der Waals surface area contributed by atoms with Crippen LogP contribution in [0, 0.1) is 0 Å². The van der Waals surface area contributed by atoms with Gasteiger partial charge in [0.25, 0.3) is 0 Å². The quantitative estimate of drug-likeness (QED) is 0.906. The number of ether oxygens (including phenoxy) is 1. The van der Waals surface area contributed by atoms with Crippen LogP contribution < -0.4 is 5.32 Å². The molecule has 1 aromatic carbocycles. The van der Waals surface area contributed by atoms with Gasteiger partial charge in [0, 0.05) is 19.6 Å². The Morgan fingerprint density at radius 2 is 2.00 bits per heavy atom. The van der Waals surface area contributed by atoms with E-state index in [1.165, 1.54) is 11.1 Å². The van der Waals surface area contributed by atoms with Crippen LogP contribution in [0.25, 0.3) is 0 Å². The first-order valence-corrected chi connectivity index (χ1v) is 8.08. The van der Waals surface area contributed by atoms with Crippen molar-refractivity contribution < 1.29 is 9.53 Å². The van der Waals surface area contributed by atoms with Crippen LogP contribution in [0.3, 0.4) is 0 Å². The summed E-state index contributed by atoms with van der Waals surface area (Å²) in [5.41, 5.74) is 2.17. The number of piperazine rings is 1. The van der Waals surface area contributed by atoms with Crippen LogP contribution in [0.15, 0.2) is 24.3 Å². The predicted molar refractivity (Wildman–Crippen MR) is 89.1 cm³/mol. The highest BCUT2D eigenvalue weighted by Crippen LogP contribution is 2.27. The smallest absolute Gasteiger partial charge is 0.410 e. The summed E-state index contributed by atoms with van der Waals surface area (Å²) < 4.78 is 5.50. The van der Waals surface area contributed by atoms with Crippen molar-refractivity contribution in [2.45, 2.75) is 52.2 Å². The summed E-state index contributed by atoms with van der Waals surface area (Å²) in [7, 11) is 0. The Kier molecular flexibility index (Phi) is 5.12. The van der Waals surface area contributed by atoms with Gasteiger partial charge in [0.1, 0.15) is 5.60 Å². The third kappa shape index (κ3) is 4.23. The maximum absolute atomic E-state index is 12.3. The van der Waals surface area contributed by atoms with Crippen LogP contribution in [0.4, 0.5) is 4.79 Å². The highest BCUT2D eigenvalue weighted by Gasteiger charge is 2.29. The van der Waals surface area contributed by atoms with E-state index in [1.54, 1.807) is 0 Å². The molecule has 0 spiro atoms. The molecule has 1 N–H and O–H groups in total. The van der Waals surface area contributed by atoms with E-state index in [-0.39, 0.29) is 12.1 Å². The van der Waals surface area contributed by atoms with E-state index in [4.69, 9.17) is 4.74 Å². The molecule has 1 aliphatic heterocycles. The lowest BCUT2D eigenvalue weighted by Gasteiger charge is -2.36. The lowest BCUT2D eigenvalue weighted by molar-refractivity contribution is 0.0195. The molecule has 0 saturated carbocycles. The minimum atomic E-state index is -0.451. The fourth-order valence-electron chi connectivity index (χ4n) is 2.80. The van der Waals surface area contributed by atoms with Crippen molar-refractivity contribution in [1.29, 1.82) is 0 Å². The van der Waals surface area contributed by atoms with Gasteiger partial charge >= 0.3 is 6.09 Å². The molecule has 1 fully saturated rings. The molecule has 1 unspecified atom stereocenters. The largest absolute Gasteiger partial charge is 0.444 e. The molecule has 4 nitrogen and oxygen atoms in total. The van der Waals surface area contributed by atoms with Crippen LogP contribution in [0.2, 0.25) is 0 Å². The van der Waals surface area contributed by atoms with E-state index < -0.39 is 5.60 Å². The Labute approximate surface area is 133 Å². The molecule has 1 aromatic rings. The van der Waals surface area contributed by atoms with Crippen LogP contribution in [0.1, 0.15) is 57.7 Å². The number of carbonyl (C=O) groups excluding carboxylic acids is 1. The van der Waals surface area contributed by atoms with Gasteiger partial charge in [-0.05, 0) is 37.8 Å². The van der Waals surface area contributed by atoms with Crippen molar-refractivity contribution >= 4 is 6.09 Å². The summed E-state index contributed by atoms with van der Waals surface area (Å²) in [6, 6.07) is 8.64. The second-order valence-electron chi connectivity index (χ2n) is 7.22. The number of nitrogens with one attached hydrogen (secondary N) is 1. The molecule has 0 aromatic heterocycles. The third-order valence-corrected chi connectivity index (χ3v) is 3.82. The molecule has 1 amide bonds. The average molecular weight is 304 g/mol. The van der Waals surface area contributed by atoms with Crippen molar-refractivity contribution in [1.82, 2.24) is 10.2 Å². The summed E-state index contributed by atoms with van der Waals surface area (Å²) in [6.45, 7) is 12.2. The molecule has 1 heterocycles. The summed E-state index contributed by atoms with van der Waals surface area (Å²) in [4.78, 5) is 14.1. The van der Waals surface area contributed by atoms with E-state index in [1.807, 2.05) is 25.7 Å². The Bertz CT molecular complexity index is 520. The van der Waals surface area contributed by atoms with Crippen molar-refractivity contribution in [2.75, 3.05) is 19.6 Å².